The van der Waals surface area contributed by atoms with Gasteiger partial charge in [0.25, 0.3) is 0 Å². The second kappa shape index (κ2) is 6.10. The van der Waals surface area contributed by atoms with Crippen LogP contribution in [0.4, 0.5) is 0 Å². The Morgan fingerprint density at radius 1 is 1.14 bits per heavy atom. The van der Waals surface area contributed by atoms with Gasteiger partial charge in [0.1, 0.15) is 0 Å². The third-order valence-corrected chi connectivity index (χ3v) is 4.06. The van der Waals surface area contributed by atoms with Gasteiger partial charge in [-0.15, -0.1) is 0 Å². The fourth-order valence-corrected chi connectivity index (χ4v) is 2.69. The molecule has 1 atom stereocenters. The van der Waals surface area contributed by atoms with E-state index in [-0.39, 0.29) is 11.8 Å². The lowest BCUT2D eigenvalue weighted by atomic mass is 10.0. The van der Waals surface area contributed by atoms with Gasteiger partial charge in [-0.1, -0.05) is 48.5 Å². The summed E-state index contributed by atoms with van der Waals surface area (Å²) in [6.07, 6.45) is 0. The van der Waals surface area contributed by atoms with Crippen LogP contribution >= 0.6 is 0 Å². The predicted octanol–water partition coefficient (Wildman–Crippen LogP) is 2.71. The largest absolute Gasteiger partial charge is 0.352 e. The summed E-state index contributed by atoms with van der Waals surface area (Å²) in [5.74, 6) is -0.0536. The predicted molar refractivity (Wildman–Crippen MR) is 83.7 cm³/mol. The minimum Gasteiger partial charge on any atom is -0.352 e. The quantitative estimate of drug-likeness (QED) is 0.904. The molecule has 3 rings (SSSR count). The second-order valence-electron chi connectivity index (χ2n) is 5.56. The zero-order valence-electron chi connectivity index (χ0n) is 12.2. The van der Waals surface area contributed by atoms with E-state index < -0.39 is 0 Å². The maximum absolute atomic E-state index is 12.2. The lowest BCUT2D eigenvalue weighted by Gasteiger charge is -2.13. The smallest absolute Gasteiger partial charge is 0.227 e. The zero-order valence-corrected chi connectivity index (χ0v) is 12.2. The van der Waals surface area contributed by atoms with Crippen LogP contribution in [0.2, 0.25) is 0 Å². The number of carbonyl (C=O) groups excluding carboxylic acids is 1. The highest BCUT2D eigenvalue weighted by molar-refractivity contribution is 5.83. The molecule has 0 saturated carbocycles. The van der Waals surface area contributed by atoms with Crippen LogP contribution in [0.1, 0.15) is 35.1 Å². The number of carbonyl (C=O) groups is 1. The Balaban J connectivity index is 1.61. The van der Waals surface area contributed by atoms with Crippen LogP contribution < -0.4 is 10.6 Å². The van der Waals surface area contributed by atoms with Crippen molar-refractivity contribution in [3.05, 3.63) is 70.8 Å². The molecule has 0 aliphatic carbocycles. The molecule has 2 N–H and O–H groups in total. The number of rotatable bonds is 4. The van der Waals surface area contributed by atoms with Gasteiger partial charge in [-0.2, -0.15) is 0 Å². The third-order valence-electron chi connectivity index (χ3n) is 4.06. The lowest BCUT2D eigenvalue weighted by molar-refractivity contribution is -0.122. The Labute approximate surface area is 125 Å². The summed E-state index contributed by atoms with van der Waals surface area (Å²) < 4.78 is 0. The van der Waals surface area contributed by atoms with Crippen molar-refractivity contribution >= 4 is 5.91 Å². The number of hydrogen-bond acceptors (Lipinski definition) is 2. The van der Waals surface area contributed by atoms with Crippen molar-refractivity contribution in [2.75, 3.05) is 0 Å². The molecule has 2 aromatic rings. The van der Waals surface area contributed by atoms with Crippen LogP contribution in [0.5, 0.6) is 0 Å². The van der Waals surface area contributed by atoms with Crippen molar-refractivity contribution in [1.29, 1.82) is 0 Å². The van der Waals surface area contributed by atoms with Crippen molar-refractivity contribution < 1.29 is 4.79 Å². The van der Waals surface area contributed by atoms with Crippen LogP contribution in [0.15, 0.2) is 48.5 Å². The van der Waals surface area contributed by atoms with E-state index in [9.17, 15) is 4.79 Å². The summed E-state index contributed by atoms with van der Waals surface area (Å²) in [5.41, 5.74) is 4.92. The van der Waals surface area contributed by atoms with E-state index in [0.717, 1.165) is 24.2 Å². The number of hydrogen-bond donors (Lipinski definition) is 2. The summed E-state index contributed by atoms with van der Waals surface area (Å²) >= 11 is 0. The molecule has 1 unspecified atom stereocenters. The Kier molecular flexibility index (Phi) is 4.02. The minimum atomic E-state index is -0.123. The molecular formula is C18H20N2O. The topological polar surface area (TPSA) is 41.1 Å². The molecular weight excluding hydrogens is 260 g/mol. The van der Waals surface area contributed by atoms with E-state index in [2.05, 4.69) is 28.8 Å². The first-order valence-electron chi connectivity index (χ1n) is 7.38. The number of nitrogens with one attached hydrogen (secondary N) is 2. The molecule has 0 aromatic heterocycles. The van der Waals surface area contributed by atoms with Crippen molar-refractivity contribution in [1.82, 2.24) is 10.6 Å². The number of benzene rings is 2. The number of amides is 1. The molecule has 1 aliphatic heterocycles. The van der Waals surface area contributed by atoms with E-state index in [1.807, 2.05) is 37.3 Å². The Bertz CT molecular complexity index is 637. The summed E-state index contributed by atoms with van der Waals surface area (Å²) in [4.78, 5) is 12.2. The average Bonchev–Trinajstić information content (AvgIpc) is 3.00. The summed E-state index contributed by atoms with van der Waals surface area (Å²) in [7, 11) is 0. The van der Waals surface area contributed by atoms with Gasteiger partial charge in [0.2, 0.25) is 5.91 Å². The number of fused-ring (bicyclic) bond motifs is 1. The second-order valence-corrected chi connectivity index (χ2v) is 5.56. The molecule has 0 saturated heterocycles. The molecule has 0 radical (unpaired) electrons. The highest BCUT2D eigenvalue weighted by Crippen LogP contribution is 2.18. The fourth-order valence-electron chi connectivity index (χ4n) is 2.69. The van der Waals surface area contributed by atoms with Gasteiger partial charge in [-0.05, 0) is 29.2 Å². The highest BCUT2D eigenvalue weighted by atomic mass is 16.1. The van der Waals surface area contributed by atoms with E-state index in [4.69, 9.17) is 0 Å². The van der Waals surface area contributed by atoms with E-state index in [1.165, 1.54) is 11.1 Å². The van der Waals surface area contributed by atoms with Gasteiger partial charge in [0.15, 0.2) is 0 Å². The van der Waals surface area contributed by atoms with E-state index in [1.54, 1.807) is 0 Å². The molecule has 0 spiro atoms. The molecule has 0 fully saturated rings. The molecule has 108 valence electrons. The van der Waals surface area contributed by atoms with Gasteiger partial charge < -0.3 is 10.6 Å². The summed E-state index contributed by atoms with van der Waals surface area (Å²) in [6, 6.07) is 16.3. The molecule has 3 nitrogen and oxygen atoms in total. The average molecular weight is 280 g/mol. The van der Waals surface area contributed by atoms with Gasteiger partial charge in [-0.3, -0.25) is 4.79 Å². The monoisotopic (exact) mass is 280 g/mol. The molecule has 1 aliphatic rings. The van der Waals surface area contributed by atoms with Crippen LogP contribution in [0.3, 0.4) is 0 Å². The maximum Gasteiger partial charge on any atom is 0.227 e. The highest BCUT2D eigenvalue weighted by Gasteiger charge is 2.15. The van der Waals surface area contributed by atoms with E-state index >= 15 is 0 Å². The van der Waals surface area contributed by atoms with E-state index in [0.29, 0.717) is 6.54 Å². The summed E-state index contributed by atoms with van der Waals surface area (Å²) in [6.45, 7) is 4.41. The first-order valence-corrected chi connectivity index (χ1v) is 7.38. The molecule has 1 heterocycles. The first kappa shape index (κ1) is 13.8. The van der Waals surface area contributed by atoms with Crippen molar-refractivity contribution in [2.24, 2.45) is 0 Å². The molecule has 21 heavy (non-hydrogen) atoms. The summed E-state index contributed by atoms with van der Waals surface area (Å²) in [5, 5.41) is 6.36. The zero-order chi connectivity index (χ0) is 14.7. The SMILES string of the molecule is CC(C(=O)NCc1ccc2c(c1)CNC2)c1ccccc1. The molecule has 1 amide bonds. The Morgan fingerprint density at radius 2 is 1.90 bits per heavy atom. The maximum atomic E-state index is 12.2. The van der Waals surface area contributed by atoms with Gasteiger partial charge in [-0.25, -0.2) is 0 Å². The van der Waals surface area contributed by atoms with Gasteiger partial charge in [0.05, 0.1) is 5.92 Å². The van der Waals surface area contributed by atoms with Gasteiger partial charge in [0, 0.05) is 19.6 Å². The standard InChI is InChI=1S/C18H20N2O/c1-13(15-5-3-2-4-6-15)18(21)20-10-14-7-8-16-11-19-12-17(16)9-14/h2-9,13,19H,10-12H2,1H3,(H,20,21). The Morgan fingerprint density at radius 3 is 2.71 bits per heavy atom. The van der Waals surface area contributed by atoms with Crippen molar-refractivity contribution in [3.63, 3.8) is 0 Å². The molecule has 2 aromatic carbocycles. The lowest BCUT2D eigenvalue weighted by Crippen LogP contribution is -2.27. The first-order chi connectivity index (χ1) is 10.2. The normalized spacial score (nSPS) is 14.5. The molecule has 0 bridgehead atoms. The van der Waals surface area contributed by atoms with Crippen LogP contribution in [-0.4, -0.2) is 5.91 Å². The third kappa shape index (κ3) is 3.14. The van der Waals surface area contributed by atoms with Gasteiger partial charge >= 0.3 is 0 Å². The van der Waals surface area contributed by atoms with Crippen LogP contribution in [0, 0.1) is 0 Å². The van der Waals surface area contributed by atoms with Crippen molar-refractivity contribution in [2.45, 2.75) is 32.5 Å². The fraction of sp³-hybridized carbons (Fsp3) is 0.278. The van der Waals surface area contributed by atoms with Crippen LogP contribution in [-0.2, 0) is 24.4 Å². The Hall–Kier alpha value is -2.13. The molecule has 3 heteroatoms. The van der Waals surface area contributed by atoms with Crippen molar-refractivity contribution in [3.8, 4) is 0 Å². The van der Waals surface area contributed by atoms with Crippen LogP contribution in [0.25, 0.3) is 0 Å². The minimum absolute atomic E-state index is 0.0693.